The second kappa shape index (κ2) is 12.3. The number of amidine groups is 1. The van der Waals surface area contributed by atoms with Gasteiger partial charge in [-0.1, -0.05) is 35.5 Å². The molecule has 1 N–H and O–H groups in total. The van der Waals surface area contributed by atoms with Crippen LogP contribution in [0.15, 0.2) is 64.6 Å². The number of hydrogen-bond donors (Lipinski definition) is 1. The standard InChI is InChI=1S/C25H28N6O3S/c1-18-6-5-8-20(16-18)35-25(26-2)30-23(32)21-17-22(34-13-9-19-7-3-4-10-27-19)29-24(28-21)31-11-14-33-15-12-31/h3-8,10,16-17H,9,11-15H2,1-2H3,(H,26,30,32). The Morgan fingerprint density at radius 2 is 2.03 bits per heavy atom. The van der Waals surface area contributed by atoms with Crippen LogP contribution in [0.1, 0.15) is 21.7 Å². The number of pyridine rings is 1. The average Bonchev–Trinajstić information content (AvgIpc) is 2.89. The van der Waals surface area contributed by atoms with Crippen molar-refractivity contribution in [1.29, 1.82) is 0 Å². The second-order valence-electron chi connectivity index (χ2n) is 7.81. The van der Waals surface area contributed by atoms with E-state index in [0.29, 0.717) is 56.3 Å². The SMILES string of the molecule is CN=C(NC(=O)c1cc(OCCc2ccccn2)nc(N2CCOCC2)n1)Sc1cccc(C)c1. The third-order valence-electron chi connectivity index (χ3n) is 5.18. The highest BCUT2D eigenvalue weighted by atomic mass is 32.2. The van der Waals surface area contributed by atoms with E-state index in [-0.39, 0.29) is 11.6 Å². The van der Waals surface area contributed by atoms with Crippen molar-refractivity contribution in [3.63, 3.8) is 0 Å². The summed E-state index contributed by atoms with van der Waals surface area (Å²) in [6.07, 6.45) is 2.37. The summed E-state index contributed by atoms with van der Waals surface area (Å²) in [6.45, 7) is 4.84. The number of anilines is 1. The van der Waals surface area contributed by atoms with Crippen LogP contribution in [0.4, 0.5) is 5.95 Å². The fourth-order valence-electron chi connectivity index (χ4n) is 3.39. The molecule has 0 atom stereocenters. The normalized spacial score (nSPS) is 14.0. The quantitative estimate of drug-likeness (QED) is 0.305. The van der Waals surface area contributed by atoms with E-state index >= 15 is 0 Å². The Kier molecular flexibility index (Phi) is 8.63. The molecule has 1 amide bonds. The molecule has 35 heavy (non-hydrogen) atoms. The predicted octanol–water partition coefficient (Wildman–Crippen LogP) is 3.15. The van der Waals surface area contributed by atoms with Crippen molar-refractivity contribution in [2.45, 2.75) is 18.2 Å². The van der Waals surface area contributed by atoms with Gasteiger partial charge in [0.25, 0.3) is 5.91 Å². The van der Waals surface area contributed by atoms with Gasteiger partial charge in [-0.05, 0) is 31.2 Å². The summed E-state index contributed by atoms with van der Waals surface area (Å²) in [7, 11) is 1.64. The number of ether oxygens (including phenoxy) is 2. The fraction of sp³-hybridized carbons (Fsp3) is 0.320. The van der Waals surface area contributed by atoms with Crippen LogP contribution in [0.2, 0.25) is 0 Å². The number of nitrogens with one attached hydrogen (secondary N) is 1. The van der Waals surface area contributed by atoms with Gasteiger partial charge in [0.05, 0.1) is 19.8 Å². The first kappa shape index (κ1) is 24.6. The van der Waals surface area contributed by atoms with Gasteiger partial charge in [0.1, 0.15) is 5.69 Å². The molecule has 0 unspecified atom stereocenters. The largest absolute Gasteiger partial charge is 0.477 e. The van der Waals surface area contributed by atoms with Crippen LogP contribution in [0, 0.1) is 6.92 Å². The van der Waals surface area contributed by atoms with Crippen LogP contribution in [0.3, 0.4) is 0 Å². The number of benzene rings is 1. The van der Waals surface area contributed by atoms with Gasteiger partial charge in [0, 0.05) is 49.4 Å². The summed E-state index contributed by atoms with van der Waals surface area (Å²) in [5.74, 6) is 0.399. The Balaban J connectivity index is 1.49. The molecule has 0 aliphatic carbocycles. The van der Waals surface area contributed by atoms with Crippen molar-refractivity contribution < 1.29 is 14.3 Å². The van der Waals surface area contributed by atoms with Crippen LogP contribution >= 0.6 is 11.8 Å². The number of nitrogens with zero attached hydrogens (tertiary/aromatic N) is 5. The number of rotatable bonds is 7. The third-order valence-corrected chi connectivity index (χ3v) is 6.15. The minimum absolute atomic E-state index is 0.209. The van der Waals surface area contributed by atoms with E-state index in [4.69, 9.17) is 9.47 Å². The molecule has 0 spiro atoms. The van der Waals surface area contributed by atoms with Gasteiger partial charge in [0.2, 0.25) is 11.8 Å². The molecule has 1 aliphatic heterocycles. The van der Waals surface area contributed by atoms with Crippen molar-refractivity contribution in [3.8, 4) is 5.88 Å². The molecule has 2 aromatic heterocycles. The van der Waals surface area contributed by atoms with Crippen LogP contribution in [-0.4, -0.2) is 66.0 Å². The Bertz CT molecular complexity index is 1170. The topological polar surface area (TPSA) is 102 Å². The first-order valence-corrected chi connectivity index (χ1v) is 12.2. The lowest BCUT2D eigenvalue weighted by atomic mass is 10.2. The number of carbonyl (C=O) groups excluding carboxylic acids is 1. The molecule has 10 heteroatoms. The summed E-state index contributed by atoms with van der Waals surface area (Å²) in [5, 5.41) is 3.34. The smallest absolute Gasteiger partial charge is 0.276 e. The van der Waals surface area contributed by atoms with Crippen LogP contribution in [-0.2, 0) is 11.2 Å². The Morgan fingerprint density at radius 1 is 1.17 bits per heavy atom. The van der Waals surface area contributed by atoms with E-state index in [9.17, 15) is 4.79 Å². The summed E-state index contributed by atoms with van der Waals surface area (Å²) >= 11 is 1.38. The molecule has 1 fully saturated rings. The van der Waals surface area contributed by atoms with Gasteiger partial charge in [0.15, 0.2) is 5.17 Å². The van der Waals surface area contributed by atoms with E-state index in [2.05, 4.69) is 25.3 Å². The second-order valence-corrected chi connectivity index (χ2v) is 8.87. The number of carbonyl (C=O) groups is 1. The van der Waals surface area contributed by atoms with Crippen molar-refractivity contribution in [1.82, 2.24) is 20.3 Å². The summed E-state index contributed by atoms with van der Waals surface area (Å²) < 4.78 is 11.3. The van der Waals surface area contributed by atoms with Gasteiger partial charge in [-0.3, -0.25) is 20.1 Å². The lowest BCUT2D eigenvalue weighted by molar-refractivity contribution is 0.0972. The zero-order valence-electron chi connectivity index (χ0n) is 19.8. The summed E-state index contributed by atoms with van der Waals surface area (Å²) in [4.78, 5) is 33.7. The van der Waals surface area contributed by atoms with E-state index < -0.39 is 0 Å². The molecular formula is C25H28N6O3S. The molecule has 9 nitrogen and oxygen atoms in total. The van der Waals surface area contributed by atoms with Crippen molar-refractivity contribution in [2.24, 2.45) is 4.99 Å². The van der Waals surface area contributed by atoms with Crippen LogP contribution < -0.4 is 15.0 Å². The number of hydrogen-bond acceptors (Lipinski definition) is 9. The molecule has 182 valence electrons. The van der Waals surface area contributed by atoms with Gasteiger partial charge in [-0.2, -0.15) is 4.98 Å². The monoisotopic (exact) mass is 492 g/mol. The molecular weight excluding hydrogens is 464 g/mol. The number of amides is 1. The predicted molar refractivity (Wildman–Crippen MR) is 136 cm³/mol. The zero-order chi connectivity index (χ0) is 24.5. The summed E-state index contributed by atoms with van der Waals surface area (Å²) in [6, 6.07) is 15.3. The highest BCUT2D eigenvalue weighted by molar-refractivity contribution is 8.13. The molecule has 0 saturated carbocycles. The molecule has 4 rings (SSSR count). The maximum absolute atomic E-state index is 13.1. The van der Waals surface area contributed by atoms with Crippen LogP contribution in [0.25, 0.3) is 0 Å². The fourth-order valence-corrected chi connectivity index (χ4v) is 4.24. The number of aliphatic imine (C=N–C) groups is 1. The molecule has 3 heterocycles. The van der Waals surface area contributed by atoms with E-state index in [1.54, 1.807) is 19.3 Å². The van der Waals surface area contributed by atoms with Crippen molar-refractivity contribution >= 4 is 28.8 Å². The summed E-state index contributed by atoms with van der Waals surface area (Å²) in [5.41, 5.74) is 2.26. The zero-order valence-corrected chi connectivity index (χ0v) is 20.6. The average molecular weight is 493 g/mol. The molecule has 0 radical (unpaired) electrons. The lowest BCUT2D eigenvalue weighted by Crippen LogP contribution is -2.38. The molecule has 3 aromatic rings. The maximum Gasteiger partial charge on any atom is 0.276 e. The van der Waals surface area contributed by atoms with E-state index in [0.717, 1.165) is 16.2 Å². The number of morpholine rings is 1. The van der Waals surface area contributed by atoms with Gasteiger partial charge < -0.3 is 14.4 Å². The number of aromatic nitrogens is 3. The van der Waals surface area contributed by atoms with Gasteiger partial charge in [-0.25, -0.2) is 4.98 Å². The van der Waals surface area contributed by atoms with Gasteiger partial charge >= 0.3 is 0 Å². The minimum atomic E-state index is -0.378. The molecule has 1 saturated heterocycles. The van der Waals surface area contributed by atoms with Crippen molar-refractivity contribution in [3.05, 3.63) is 71.7 Å². The molecule has 1 aromatic carbocycles. The minimum Gasteiger partial charge on any atom is -0.477 e. The van der Waals surface area contributed by atoms with Crippen LogP contribution in [0.5, 0.6) is 5.88 Å². The highest BCUT2D eigenvalue weighted by Crippen LogP contribution is 2.21. The molecule has 1 aliphatic rings. The van der Waals surface area contributed by atoms with E-state index in [1.807, 2.05) is 54.3 Å². The Morgan fingerprint density at radius 3 is 2.77 bits per heavy atom. The Hall–Kier alpha value is -3.50. The van der Waals surface area contributed by atoms with E-state index in [1.165, 1.54) is 11.8 Å². The van der Waals surface area contributed by atoms with Gasteiger partial charge in [-0.15, -0.1) is 0 Å². The first-order chi connectivity index (χ1) is 17.1. The number of aryl methyl sites for hydroxylation is 1. The third kappa shape index (κ3) is 7.24. The number of thioether (sulfide) groups is 1. The lowest BCUT2D eigenvalue weighted by Gasteiger charge is -2.27. The first-order valence-electron chi connectivity index (χ1n) is 11.4. The highest BCUT2D eigenvalue weighted by Gasteiger charge is 2.20. The Labute approximate surface area is 209 Å². The maximum atomic E-state index is 13.1. The van der Waals surface area contributed by atoms with Crippen molar-refractivity contribution in [2.75, 3.05) is 44.9 Å². The molecule has 0 bridgehead atoms.